The number of hydrogen-bond donors (Lipinski definition) is 8. The van der Waals surface area contributed by atoms with Crippen LogP contribution in [0.15, 0.2) is 183 Å². The third-order valence-electron chi connectivity index (χ3n) is 19.6. The fraction of sp³-hybridized carbons (Fsp3) is 0.280. The van der Waals surface area contributed by atoms with Gasteiger partial charge in [-0.1, -0.05) is 37.2 Å². The van der Waals surface area contributed by atoms with Gasteiger partial charge in [-0.2, -0.15) is 0 Å². The highest BCUT2D eigenvalue weighted by Gasteiger charge is 2.37. The summed E-state index contributed by atoms with van der Waals surface area (Å²) in [5.41, 5.74) is 21.9. The zero-order valence-corrected chi connectivity index (χ0v) is 77.4. The fourth-order valence-corrected chi connectivity index (χ4v) is 13.9. The number of pyridine rings is 7. The van der Waals surface area contributed by atoms with Crippen LogP contribution in [0.1, 0.15) is 214 Å². The van der Waals surface area contributed by atoms with Crippen LogP contribution >= 0.6 is 11.6 Å². The fourth-order valence-electron chi connectivity index (χ4n) is 13.6. The van der Waals surface area contributed by atoms with Crippen LogP contribution in [0.5, 0.6) is 23.0 Å². The maximum Gasteiger partial charge on any atom is 0.337 e. The Kier molecular flexibility index (Phi) is 34.2. The Morgan fingerprint density at radius 2 is 0.763 bits per heavy atom. The summed E-state index contributed by atoms with van der Waals surface area (Å²) in [6, 6.07) is 38.7. The first-order valence-corrected chi connectivity index (χ1v) is 42.2. The van der Waals surface area contributed by atoms with E-state index in [1.807, 2.05) is 95.2 Å². The summed E-state index contributed by atoms with van der Waals surface area (Å²) in [6.45, 7) is 24.0. The molecular formula is C100H107ClF6N16O12. The van der Waals surface area contributed by atoms with E-state index in [4.69, 9.17) is 52.9 Å². The summed E-state index contributed by atoms with van der Waals surface area (Å²) in [6.07, 6.45) is 6.05. The summed E-state index contributed by atoms with van der Waals surface area (Å²) < 4.78 is 108. The van der Waals surface area contributed by atoms with E-state index in [0.717, 1.165) is 23.3 Å². The first kappa shape index (κ1) is 104. The number of nitrogens with zero attached hydrogens (tertiary/aromatic N) is 9. The number of methoxy groups -OCH3 is 4. The molecule has 0 fully saturated rings. The molecule has 0 aliphatic carbocycles. The predicted octanol–water partition coefficient (Wildman–Crippen LogP) is 17.3. The number of carbonyl (C=O) groups excluding carboxylic acids is 6. The molecule has 3 aliphatic rings. The SMILES string of the molecule is C.CC(C)(C)N.CC(C)(C)NC(=O)c1ccc(Cc2cc(-c3c(F)cccc3F)nc3c2C(=O)NC3)nc1.CC(C)(C)NC(=O)c1ccc(N)nc1.COc1ccc(CN2Cc3nc(-c4c(F)cccc4F)cc(Cc4ccc(C(=O)NC(C)(C)C)cn4)c3C2=O)c(OC)c1.COc1ccc(CN2Cc3nc(-c4c(F)cccc4F)cc(Cl)c3C2=O)c(OC)c1.Nc1ccc(C(=O)O)cn1. The lowest BCUT2D eigenvalue weighted by molar-refractivity contribution is 0.0693. The number of benzene rings is 5. The quantitative estimate of drug-likeness (QED) is 0.0349. The highest BCUT2D eigenvalue weighted by atomic mass is 35.5. The van der Waals surface area contributed by atoms with E-state index in [9.17, 15) is 59.9 Å². The monoisotopic (exact) mass is 1870 g/mol. The van der Waals surface area contributed by atoms with Crippen LogP contribution in [0.2, 0.25) is 5.02 Å². The van der Waals surface area contributed by atoms with Crippen molar-refractivity contribution in [1.29, 1.82) is 0 Å². The van der Waals surface area contributed by atoms with Gasteiger partial charge in [0, 0.05) is 94.4 Å². The Hall–Kier alpha value is -14.9. The second-order valence-electron chi connectivity index (χ2n) is 35.1. The number of rotatable bonds is 19. The highest BCUT2D eigenvalue weighted by molar-refractivity contribution is 6.34. The van der Waals surface area contributed by atoms with Gasteiger partial charge in [0.15, 0.2) is 0 Å². The van der Waals surface area contributed by atoms with Gasteiger partial charge in [0.2, 0.25) is 0 Å². The minimum absolute atomic E-state index is 0. The smallest absolute Gasteiger partial charge is 0.337 e. The number of carboxylic acids is 1. The van der Waals surface area contributed by atoms with E-state index >= 15 is 0 Å². The molecule has 5 aromatic carbocycles. The lowest BCUT2D eigenvalue weighted by atomic mass is 9.98. The predicted molar refractivity (Wildman–Crippen MR) is 502 cm³/mol. The second-order valence-corrected chi connectivity index (χ2v) is 35.5. The number of carboxylic acid groups (broad SMARTS) is 1. The standard InChI is InChI=1S/C33H32F2N4O4.C24H22F2N4O2.C22H17ClF2N2O3.C10H15N3O.C6H6N2O2.C4H11N.CH4/c1-33(2,3)38-31(40)19-9-11-22(36-16-19)13-21-14-26(30-24(34)7-6-8-25(30)35)37-27-18-39(32(41)29(21)27)17-20-10-12-23(42-4)15-28(20)43-5;1-24(2,3)30-22(31)13-7-8-15(27-11-13)9-14-10-18(21-16(25)5-4-6-17(21)26)29-19-12-28-23(32)20(14)19;1-29-13-7-6-12(19(8-13)30-2)10-27-11-18-20(22(27)28)14(23)9-17(26-18)21-15(24)4-3-5-16(21)25;1-10(2,3)13-9(14)7-4-5-8(11)12-6-7;7-5-2-1-4(3-8-5)6(9)10;1-4(2,3)5;/h6-12,14-16H,13,17-18H2,1-5H3,(H,38,40);4-8,10-11H,9,12H2,1-3H3,(H,28,32)(H,30,31);3-9H,10-11H2,1-2H3;4-6H,1-3H3,(H2,11,12)(H,13,14);1-3H,(H2,7,8)(H,9,10);5H2,1-3H3;1H4. The summed E-state index contributed by atoms with van der Waals surface area (Å²) in [7, 11) is 6.19. The molecule has 35 heteroatoms. The number of halogens is 7. The Balaban J connectivity index is 0.000000199. The largest absolute Gasteiger partial charge is 0.497 e. The molecule has 0 spiro atoms. The minimum atomic E-state index is -0.993. The van der Waals surface area contributed by atoms with E-state index < -0.39 is 46.4 Å². The Labute approximate surface area is 783 Å². The summed E-state index contributed by atoms with van der Waals surface area (Å²) in [5.74, 6) is -3.82. The molecule has 0 radical (unpaired) electrons. The number of nitrogens with one attached hydrogen (secondary N) is 4. The van der Waals surface area contributed by atoms with Gasteiger partial charge in [-0.05, 0) is 222 Å². The molecule has 28 nitrogen and oxygen atoms in total. The van der Waals surface area contributed by atoms with Crippen LogP contribution in [0.25, 0.3) is 33.8 Å². The number of fused-ring (bicyclic) bond motifs is 3. The van der Waals surface area contributed by atoms with Gasteiger partial charge in [-0.25, -0.2) is 56.1 Å². The Bertz CT molecular complexity index is 6290. The zero-order valence-electron chi connectivity index (χ0n) is 76.6. The van der Waals surface area contributed by atoms with Gasteiger partial charge in [-0.3, -0.25) is 38.7 Å². The molecule has 10 heterocycles. The van der Waals surface area contributed by atoms with Crippen LogP contribution in [-0.4, -0.2) is 142 Å². The Morgan fingerprint density at radius 1 is 0.430 bits per heavy atom. The summed E-state index contributed by atoms with van der Waals surface area (Å²) in [5, 5.41) is 19.8. The van der Waals surface area contributed by atoms with Crippen molar-refractivity contribution >= 4 is 64.6 Å². The number of anilines is 2. The minimum Gasteiger partial charge on any atom is -0.497 e. The molecule has 15 rings (SSSR count). The third kappa shape index (κ3) is 28.1. The van der Waals surface area contributed by atoms with Gasteiger partial charge in [-0.15, -0.1) is 0 Å². The average Bonchev–Trinajstić information content (AvgIpc) is 1.65. The lowest BCUT2D eigenvalue weighted by Gasteiger charge is -2.20. The van der Waals surface area contributed by atoms with E-state index in [1.54, 1.807) is 91.8 Å². The van der Waals surface area contributed by atoms with Crippen molar-refractivity contribution in [2.24, 2.45) is 5.73 Å². The number of aromatic nitrogens is 7. The molecule has 0 bridgehead atoms. The highest BCUT2D eigenvalue weighted by Crippen LogP contribution is 2.39. The van der Waals surface area contributed by atoms with Gasteiger partial charge in [0.1, 0.15) is 69.5 Å². The topological polar surface area (TPSA) is 400 Å². The maximum absolute atomic E-state index is 14.8. The van der Waals surface area contributed by atoms with Crippen molar-refractivity contribution in [2.45, 2.75) is 158 Å². The molecule has 6 amide bonds. The van der Waals surface area contributed by atoms with E-state index in [2.05, 4.69) is 56.2 Å². The van der Waals surface area contributed by atoms with Crippen LogP contribution in [0, 0.1) is 34.9 Å². The normalized spacial score (nSPS) is 12.3. The first-order chi connectivity index (χ1) is 63.1. The summed E-state index contributed by atoms with van der Waals surface area (Å²) in [4.78, 5) is 118. The van der Waals surface area contributed by atoms with E-state index in [-0.39, 0.29) is 155 Å². The number of nitrogens with two attached hydrogens (primary N) is 3. The number of amides is 6. The lowest BCUT2D eigenvalue weighted by Crippen LogP contribution is -2.40. The molecule has 135 heavy (non-hydrogen) atoms. The van der Waals surface area contributed by atoms with Crippen molar-refractivity contribution in [2.75, 3.05) is 39.9 Å². The van der Waals surface area contributed by atoms with Crippen LogP contribution in [0.3, 0.4) is 0 Å². The molecule has 3 aliphatic heterocycles. The first-order valence-electron chi connectivity index (χ1n) is 41.8. The summed E-state index contributed by atoms with van der Waals surface area (Å²) >= 11 is 6.32. The van der Waals surface area contributed by atoms with Gasteiger partial charge < -0.3 is 72.3 Å². The number of nitrogen functional groups attached to an aromatic ring is 2. The molecular weight excluding hydrogens is 1770 g/mol. The number of aromatic carboxylic acids is 1. The van der Waals surface area contributed by atoms with Crippen molar-refractivity contribution < 1.29 is 84.0 Å². The number of ether oxygens (including phenoxy) is 4. The van der Waals surface area contributed by atoms with Crippen molar-refractivity contribution in [3.8, 4) is 56.8 Å². The average molecular weight is 1870 g/mol. The zero-order chi connectivity index (χ0) is 98.2. The van der Waals surface area contributed by atoms with Crippen molar-refractivity contribution in [3.05, 3.63) is 312 Å². The van der Waals surface area contributed by atoms with Crippen LogP contribution in [-0.2, 0) is 45.6 Å². The van der Waals surface area contributed by atoms with E-state index in [0.29, 0.717) is 102 Å². The molecule has 11 N–H and O–H groups in total. The van der Waals surface area contributed by atoms with E-state index in [1.165, 1.54) is 105 Å². The molecule has 0 atom stereocenters. The van der Waals surface area contributed by atoms with Crippen molar-refractivity contribution in [3.63, 3.8) is 0 Å². The number of hydrogen-bond acceptors (Lipinski definition) is 21. The Morgan fingerprint density at radius 3 is 1.10 bits per heavy atom. The maximum atomic E-state index is 14.8. The molecule has 0 saturated heterocycles. The van der Waals surface area contributed by atoms with Gasteiger partial charge >= 0.3 is 5.97 Å². The molecule has 0 unspecified atom stereocenters. The molecule has 0 saturated carbocycles. The molecule has 7 aromatic heterocycles. The molecule has 708 valence electrons. The third-order valence-corrected chi connectivity index (χ3v) is 19.9. The number of carbonyl (C=O) groups is 7. The second kappa shape index (κ2) is 44.5. The van der Waals surface area contributed by atoms with Crippen molar-refractivity contribution in [1.82, 2.24) is 66.0 Å². The van der Waals surface area contributed by atoms with Crippen LogP contribution in [0.4, 0.5) is 38.0 Å². The van der Waals surface area contributed by atoms with Crippen LogP contribution < -0.4 is 57.4 Å². The molecule has 12 aromatic rings. The van der Waals surface area contributed by atoms with Gasteiger partial charge in [0.05, 0.1) is 156 Å². The van der Waals surface area contributed by atoms with Gasteiger partial charge in [0.25, 0.3) is 35.4 Å².